The molecule has 0 amide bonds. The second-order valence-corrected chi connectivity index (χ2v) is 5.35. The van der Waals surface area contributed by atoms with Gasteiger partial charge in [0, 0.05) is 17.6 Å². The van der Waals surface area contributed by atoms with Crippen LogP contribution in [-0.4, -0.2) is 17.5 Å². The minimum atomic E-state index is 0.634. The summed E-state index contributed by atoms with van der Waals surface area (Å²) in [6.07, 6.45) is 5.12. The van der Waals surface area contributed by atoms with Crippen molar-refractivity contribution in [2.45, 2.75) is 45.2 Å². The van der Waals surface area contributed by atoms with E-state index in [1.807, 2.05) is 12.1 Å². The topological polar surface area (TPSA) is 27.0 Å². The van der Waals surface area contributed by atoms with Crippen molar-refractivity contribution in [2.24, 2.45) is 0 Å². The van der Waals surface area contributed by atoms with Crippen molar-refractivity contribution in [3.63, 3.8) is 0 Å². The Hall–Kier alpha value is -1.04. The maximum atomic E-state index is 8.84. The van der Waals surface area contributed by atoms with Crippen LogP contribution in [0.25, 0.3) is 0 Å². The number of piperidine rings is 1. The lowest BCUT2D eigenvalue weighted by molar-refractivity contribution is 0.136. The van der Waals surface area contributed by atoms with E-state index in [9.17, 15) is 0 Å². The van der Waals surface area contributed by atoms with Gasteiger partial charge in [0.1, 0.15) is 0 Å². The van der Waals surface area contributed by atoms with Crippen LogP contribution < -0.4 is 0 Å². The molecule has 18 heavy (non-hydrogen) atoms. The Kier molecular flexibility index (Phi) is 4.63. The molecule has 0 radical (unpaired) electrons. The van der Waals surface area contributed by atoms with E-state index >= 15 is 0 Å². The van der Waals surface area contributed by atoms with Gasteiger partial charge in [-0.1, -0.05) is 31.0 Å². The van der Waals surface area contributed by atoms with Gasteiger partial charge in [-0.2, -0.15) is 5.26 Å². The Balaban J connectivity index is 2.10. The predicted octanol–water partition coefficient (Wildman–Crippen LogP) is 3.98. The van der Waals surface area contributed by atoms with E-state index in [0.29, 0.717) is 11.6 Å². The Morgan fingerprint density at radius 1 is 1.44 bits per heavy atom. The van der Waals surface area contributed by atoms with Crippen LogP contribution in [0.4, 0.5) is 0 Å². The standard InChI is InChI=1S/C15H19ClN2/c1-2-14-5-3-4-8-18(14)11-13-7-6-12(10-17)9-15(13)16/h6-7,9,14H,2-5,8,11H2,1H3. The highest BCUT2D eigenvalue weighted by atomic mass is 35.5. The normalized spacial score (nSPS) is 20.6. The number of halogens is 1. The molecule has 1 aromatic rings. The molecule has 2 rings (SSSR count). The third-order valence-corrected chi connectivity index (χ3v) is 4.13. The van der Waals surface area contributed by atoms with E-state index in [1.54, 1.807) is 6.07 Å². The number of likely N-dealkylation sites (tertiary alicyclic amines) is 1. The maximum absolute atomic E-state index is 8.84. The lowest BCUT2D eigenvalue weighted by Gasteiger charge is -2.35. The van der Waals surface area contributed by atoms with Crippen LogP contribution in [0.1, 0.15) is 43.7 Å². The monoisotopic (exact) mass is 262 g/mol. The molecule has 96 valence electrons. The molecule has 1 aliphatic heterocycles. The molecule has 0 bridgehead atoms. The summed E-state index contributed by atoms with van der Waals surface area (Å²) >= 11 is 6.24. The van der Waals surface area contributed by atoms with Gasteiger partial charge in [0.05, 0.1) is 11.6 Å². The number of benzene rings is 1. The highest BCUT2D eigenvalue weighted by molar-refractivity contribution is 6.31. The summed E-state index contributed by atoms with van der Waals surface area (Å²) in [5.74, 6) is 0. The van der Waals surface area contributed by atoms with Crippen LogP contribution in [0.5, 0.6) is 0 Å². The first kappa shape index (κ1) is 13.4. The summed E-state index contributed by atoms with van der Waals surface area (Å²) in [6, 6.07) is 8.41. The molecule has 2 nitrogen and oxygen atoms in total. The third-order valence-electron chi connectivity index (χ3n) is 3.78. The van der Waals surface area contributed by atoms with E-state index in [0.717, 1.165) is 23.7 Å². The highest BCUT2D eigenvalue weighted by Gasteiger charge is 2.21. The number of hydrogen-bond donors (Lipinski definition) is 0. The van der Waals surface area contributed by atoms with Crippen LogP contribution in [0.3, 0.4) is 0 Å². The molecule has 3 heteroatoms. The Bertz CT molecular complexity index is 450. The lowest BCUT2D eigenvalue weighted by Crippen LogP contribution is -2.38. The van der Waals surface area contributed by atoms with Gasteiger partial charge in [0.25, 0.3) is 0 Å². The maximum Gasteiger partial charge on any atom is 0.0992 e. The van der Waals surface area contributed by atoms with Crippen LogP contribution in [0.15, 0.2) is 18.2 Å². The molecule has 0 N–H and O–H groups in total. The second-order valence-electron chi connectivity index (χ2n) is 4.95. The number of nitrogens with zero attached hydrogens (tertiary/aromatic N) is 2. The summed E-state index contributed by atoms with van der Waals surface area (Å²) in [6.45, 7) is 4.32. The predicted molar refractivity (Wildman–Crippen MR) is 74.5 cm³/mol. The van der Waals surface area contributed by atoms with Crippen molar-refractivity contribution in [1.29, 1.82) is 5.26 Å². The number of rotatable bonds is 3. The first-order chi connectivity index (χ1) is 8.74. The Morgan fingerprint density at radius 2 is 2.28 bits per heavy atom. The summed E-state index contributed by atoms with van der Waals surface area (Å²) in [5.41, 5.74) is 1.77. The largest absolute Gasteiger partial charge is 0.296 e. The highest BCUT2D eigenvalue weighted by Crippen LogP contribution is 2.25. The first-order valence-corrected chi connectivity index (χ1v) is 7.05. The SMILES string of the molecule is CCC1CCCCN1Cc1ccc(C#N)cc1Cl. The molecule has 0 saturated carbocycles. The minimum absolute atomic E-state index is 0.634. The fourth-order valence-corrected chi connectivity index (χ4v) is 2.93. The molecule has 1 saturated heterocycles. The van der Waals surface area contributed by atoms with Gasteiger partial charge < -0.3 is 0 Å². The van der Waals surface area contributed by atoms with Gasteiger partial charge in [0.15, 0.2) is 0 Å². The van der Waals surface area contributed by atoms with Crippen LogP contribution in [-0.2, 0) is 6.54 Å². The van der Waals surface area contributed by atoms with Crippen LogP contribution in [0.2, 0.25) is 5.02 Å². The third kappa shape index (κ3) is 3.04. The molecule has 1 atom stereocenters. The van der Waals surface area contributed by atoms with Crippen molar-refractivity contribution in [2.75, 3.05) is 6.54 Å². The second kappa shape index (κ2) is 6.22. The fraction of sp³-hybridized carbons (Fsp3) is 0.533. The molecule has 0 aromatic heterocycles. The van der Waals surface area contributed by atoms with E-state index in [2.05, 4.69) is 17.9 Å². The zero-order valence-corrected chi connectivity index (χ0v) is 11.6. The van der Waals surface area contributed by atoms with Crippen molar-refractivity contribution in [3.8, 4) is 6.07 Å². The van der Waals surface area contributed by atoms with E-state index < -0.39 is 0 Å². The molecule has 1 unspecified atom stereocenters. The van der Waals surface area contributed by atoms with E-state index in [1.165, 1.54) is 25.7 Å². The molecule has 1 aliphatic rings. The Labute approximate surface area is 114 Å². The minimum Gasteiger partial charge on any atom is -0.296 e. The number of nitriles is 1. The van der Waals surface area contributed by atoms with Gasteiger partial charge in [-0.15, -0.1) is 0 Å². The Morgan fingerprint density at radius 3 is 2.94 bits per heavy atom. The molecule has 1 fully saturated rings. The summed E-state index contributed by atoms with van der Waals surface area (Å²) in [7, 11) is 0. The fourth-order valence-electron chi connectivity index (χ4n) is 2.69. The summed E-state index contributed by atoms with van der Waals surface area (Å²) in [5, 5.41) is 9.55. The molecule has 0 aliphatic carbocycles. The average Bonchev–Trinajstić information content (AvgIpc) is 2.41. The van der Waals surface area contributed by atoms with Crippen LogP contribution >= 0.6 is 11.6 Å². The van der Waals surface area contributed by atoms with Crippen molar-refractivity contribution >= 4 is 11.6 Å². The molecule has 1 heterocycles. The van der Waals surface area contributed by atoms with Gasteiger partial charge >= 0.3 is 0 Å². The van der Waals surface area contributed by atoms with E-state index in [-0.39, 0.29) is 0 Å². The van der Waals surface area contributed by atoms with Crippen molar-refractivity contribution < 1.29 is 0 Å². The molecule has 1 aromatic carbocycles. The molecular formula is C15H19ClN2. The number of hydrogen-bond acceptors (Lipinski definition) is 2. The summed E-state index contributed by atoms with van der Waals surface area (Å²) < 4.78 is 0. The van der Waals surface area contributed by atoms with Gasteiger partial charge in [0.2, 0.25) is 0 Å². The molecular weight excluding hydrogens is 244 g/mol. The van der Waals surface area contributed by atoms with Gasteiger partial charge in [-0.3, -0.25) is 4.90 Å². The van der Waals surface area contributed by atoms with Gasteiger partial charge in [-0.05, 0) is 43.5 Å². The quantitative estimate of drug-likeness (QED) is 0.824. The molecule has 0 spiro atoms. The summed E-state index contributed by atoms with van der Waals surface area (Å²) in [4.78, 5) is 2.52. The lowest BCUT2D eigenvalue weighted by atomic mass is 9.99. The zero-order valence-electron chi connectivity index (χ0n) is 10.8. The smallest absolute Gasteiger partial charge is 0.0992 e. The first-order valence-electron chi connectivity index (χ1n) is 6.67. The van der Waals surface area contributed by atoms with Gasteiger partial charge in [-0.25, -0.2) is 0 Å². The zero-order chi connectivity index (χ0) is 13.0. The van der Waals surface area contributed by atoms with E-state index in [4.69, 9.17) is 16.9 Å². The van der Waals surface area contributed by atoms with Crippen molar-refractivity contribution in [1.82, 2.24) is 4.90 Å². The van der Waals surface area contributed by atoms with Crippen LogP contribution in [0, 0.1) is 11.3 Å². The van der Waals surface area contributed by atoms with Crippen molar-refractivity contribution in [3.05, 3.63) is 34.3 Å². The average molecular weight is 263 g/mol.